The topological polar surface area (TPSA) is 48.0 Å². The Hall–Kier alpha value is -1.84. The first-order valence-corrected chi connectivity index (χ1v) is 4.33. The smallest absolute Gasteiger partial charge is 0.253 e. The van der Waals surface area contributed by atoms with Gasteiger partial charge in [-0.2, -0.15) is 0 Å². The number of rotatable bonds is 2. The van der Waals surface area contributed by atoms with Crippen LogP contribution in [0.1, 0.15) is 11.3 Å². The van der Waals surface area contributed by atoms with Gasteiger partial charge >= 0.3 is 0 Å². The van der Waals surface area contributed by atoms with Crippen LogP contribution in [0.5, 0.6) is 0 Å². The van der Waals surface area contributed by atoms with E-state index in [-0.39, 0.29) is 5.56 Å². The number of nitrogens with zero attached hydrogens (tertiary/aromatic N) is 2. The van der Waals surface area contributed by atoms with E-state index in [4.69, 9.17) is 4.52 Å². The first-order chi connectivity index (χ1) is 6.77. The minimum atomic E-state index is 0.00361. The van der Waals surface area contributed by atoms with E-state index < -0.39 is 0 Å². The summed E-state index contributed by atoms with van der Waals surface area (Å²) in [5.74, 6) is 0.678. The normalized spacial score (nSPS) is 10.4. The van der Waals surface area contributed by atoms with Gasteiger partial charge in [-0.1, -0.05) is 11.2 Å². The maximum Gasteiger partial charge on any atom is 0.253 e. The van der Waals surface area contributed by atoms with E-state index >= 15 is 0 Å². The Bertz CT molecular complexity index is 471. The van der Waals surface area contributed by atoms with Gasteiger partial charge in [-0.15, -0.1) is 0 Å². The predicted molar refractivity (Wildman–Crippen MR) is 51.0 cm³/mol. The van der Waals surface area contributed by atoms with Gasteiger partial charge in [0.1, 0.15) is 0 Å². The van der Waals surface area contributed by atoms with Crippen LogP contribution in [0.3, 0.4) is 0 Å². The van der Waals surface area contributed by atoms with Gasteiger partial charge in [-0.05, 0) is 13.0 Å². The van der Waals surface area contributed by atoms with Gasteiger partial charge < -0.3 is 9.09 Å². The molecule has 0 atom stereocenters. The molecule has 0 amide bonds. The molecule has 0 aromatic carbocycles. The first-order valence-electron chi connectivity index (χ1n) is 4.33. The molecule has 2 aromatic heterocycles. The Kier molecular flexibility index (Phi) is 2.18. The van der Waals surface area contributed by atoms with Crippen LogP contribution >= 0.6 is 0 Å². The summed E-state index contributed by atoms with van der Waals surface area (Å²) in [5.41, 5.74) is 0.732. The number of hydrogen-bond donors (Lipinski definition) is 0. The highest BCUT2D eigenvalue weighted by Gasteiger charge is 2.01. The van der Waals surface area contributed by atoms with Crippen LogP contribution in [0.25, 0.3) is 0 Å². The Balaban J connectivity index is 2.34. The van der Waals surface area contributed by atoms with Crippen LogP contribution in [0.4, 0.5) is 0 Å². The fourth-order valence-corrected chi connectivity index (χ4v) is 1.27. The zero-order valence-corrected chi connectivity index (χ0v) is 7.80. The van der Waals surface area contributed by atoms with Crippen molar-refractivity contribution in [3.05, 3.63) is 52.3 Å². The van der Waals surface area contributed by atoms with Gasteiger partial charge in [0.2, 0.25) is 0 Å². The summed E-state index contributed by atoms with van der Waals surface area (Å²) in [4.78, 5) is 11.6. The molecule has 0 aliphatic rings. The van der Waals surface area contributed by atoms with Gasteiger partial charge in [0.25, 0.3) is 5.56 Å². The average molecular weight is 190 g/mol. The van der Waals surface area contributed by atoms with E-state index in [1.54, 1.807) is 36.0 Å². The lowest BCUT2D eigenvalue weighted by atomic mass is 10.3. The summed E-state index contributed by atoms with van der Waals surface area (Å²) in [7, 11) is 0. The quantitative estimate of drug-likeness (QED) is 0.714. The predicted octanol–water partition coefficient (Wildman–Crippen LogP) is 1.19. The van der Waals surface area contributed by atoms with Crippen LogP contribution in [-0.4, -0.2) is 9.72 Å². The van der Waals surface area contributed by atoms with Crippen molar-refractivity contribution in [3.8, 4) is 0 Å². The molecule has 0 N–H and O–H groups in total. The van der Waals surface area contributed by atoms with Crippen molar-refractivity contribution in [1.82, 2.24) is 9.72 Å². The van der Waals surface area contributed by atoms with Crippen LogP contribution in [0, 0.1) is 6.92 Å². The first kappa shape index (κ1) is 8.74. The molecule has 0 aliphatic carbocycles. The lowest BCUT2D eigenvalue weighted by Gasteiger charge is -2.02. The third kappa shape index (κ3) is 1.59. The second-order valence-corrected chi connectivity index (χ2v) is 3.10. The third-order valence-corrected chi connectivity index (χ3v) is 2.03. The van der Waals surface area contributed by atoms with E-state index in [0.29, 0.717) is 12.3 Å². The lowest BCUT2D eigenvalue weighted by Crippen LogP contribution is -2.21. The molecule has 0 bridgehead atoms. The van der Waals surface area contributed by atoms with E-state index in [2.05, 4.69) is 5.16 Å². The Morgan fingerprint density at radius 2 is 2.36 bits per heavy atom. The molecule has 0 radical (unpaired) electrons. The van der Waals surface area contributed by atoms with E-state index in [1.165, 1.54) is 0 Å². The molecule has 0 saturated heterocycles. The van der Waals surface area contributed by atoms with Crippen molar-refractivity contribution in [3.63, 3.8) is 0 Å². The summed E-state index contributed by atoms with van der Waals surface area (Å²) in [6.45, 7) is 2.22. The Labute approximate surface area is 80.8 Å². The van der Waals surface area contributed by atoms with Crippen molar-refractivity contribution < 1.29 is 4.52 Å². The van der Waals surface area contributed by atoms with Crippen molar-refractivity contribution in [1.29, 1.82) is 0 Å². The molecule has 72 valence electrons. The monoisotopic (exact) mass is 190 g/mol. The minimum Gasteiger partial charge on any atom is -0.359 e. The highest BCUT2D eigenvalue weighted by molar-refractivity contribution is 5.09. The highest BCUT2D eigenvalue weighted by Crippen LogP contribution is 1.99. The number of aryl methyl sites for hydroxylation is 1. The maximum atomic E-state index is 11.6. The number of pyridine rings is 1. The van der Waals surface area contributed by atoms with Crippen molar-refractivity contribution in [2.24, 2.45) is 0 Å². The molecule has 2 heterocycles. The third-order valence-electron chi connectivity index (χ3n) is 2.03. The summed E-state index contributed by atoms with van der Waals surface area (Å²) < 4.78 is 6.52. The molecular weight excluding hydrogens is 180 g/mol. The Morgan fingerprint density at radius 1 is 1.50 bits per heavy atom. The largest absolute Gasteiger partial charge is 0.359 e. The molecule has 0 fully saturated rings. The van der Waals surface area contributed by atoms with Gasteiger partial charge in [-0.25, -0.2) is 0 Å². The van der Waals surface area contributed by atoms with Gasteiger partial charge in [0.05, 0.1) is 12.7 Å². The summed E-state index contributed by atoms with van der Waals surface area (Å²) in [6, 6.07) is 5.38. The van der Waals surface area contributed by atoms with Crippen LogP contribution in [-0.2, 0) is 6.54 Å². The van der Waals surface area contributed by atoms with E-state index in [1.807, 2.05) is 6.07 Å². The molecule has 0 saturated carbocycles. The summed E-state index contributed by atoms with van der Waals surface area (Å²) in [6.07, 6.45) is 3.30. The SMILES string of the molecule is Cc1cccn(Cc2ccno2)c1=O. The zero-order chi connectivity index (χ0) is 9.97. The standard InChI is InChI=1S/C10H10N2O2/c1-8-3-2-6-12(10(8)13)7-9-4-5-11-14-9/h2-6H,7H2,1H3. The van der Waals surface area contributed by atoms with Gasteiger partial charge in [-0.3, -0.25) is 4.79 Å². The van der Waals surface area contributed by atoms with Crippen molar-refractivity contribution >= 4 is 0 Å². The fourth-order valence-electron chi connectivity index (χ4n) is 1.27. The summed E-state index contributed by atoms with van der Waals surface area (Å²) >= 11 is 0. The average Bonchev–Trinajstić information content (AvgIpc) is 2.66. The molecular formula is C10H10N2O2. The molecule has 4 nitrogen and oxygen atoms in total. The number of hydrogen-bond acceptors (Lipinski definition) is 3. The van der Waals surface area contributed by atoms with Gasteiger partial charge in [0.15, 0.2) is 5.76 Å². The zero-order valence-electron chi connectivity index (χ0n) is 7.80. The molecule has 0 unspecified atom stereocenters. The second kappa shape index (κ2) is 3.49. The molecule has 0 aliphatic heterocycles. The van der Waals surface area contributed by atoms with Gasteiger partial charge in [0, 0.05) is 17.8 Å². The van der Waals surface area contributed by atoms with E-state index in [9.17, 15) is 4.79 Å². The van der Waals surface area contributed by atoms with E-state index in [0.717, 1.165) is 5.56 Å². The highest BCUT2D eigenvalue weighted by atomic mass is 16.5. The maximum absolute atomic E-state index is 11.6. The fraction of sp³-hybridized carbons (Fsp3) is 0.200. The van der Waals surface area contributed by atoms with Crippen LogP contribution in [0.2, 0.25) is 0 Å². The second-order valence-electron chi connectivity index (χ2n) is 3.10. The lowest BCUT2D eigenvalue weighted by molar-refractivity contribution is 0.375. The van der Waals surface area contributed by atoms with Crippen molar-refractivity contribution in [2.45, 2.75) is 13.5 Å². The molecule has 0 spiro atoms. The summed E-state index contributed by atoms with van der Waals surface area (Å²) in [5, 5.41) is 3.58. The number of aromatic nitrogens is 2. The minimum absolute atomic E-state index is 0.00361. The Morgan fingerprint density at radius 3 is 3.07 bits per heavy atom. The molecule has 2 rings (SSSR count). The van der Waals surface area contributed by atoms with Crippen LogP contribution in [0.15, 0.2) is 39.9 Å². The van der Waals surface area contributed by atoms with Crippen LogP contribution < -0.4 is 5.56 Å². The molecule has 14 heavy (non-hydrogen) atoms. The molecule has 2 aromatic rings. The van der Waals surface area contributed by atoms with Crippen molar-refractivity contribution in [2.75, 3.05) is 0 Å². The molecule has 4 heteroatoms.